The molecule has 2 aromatic rings. The van der Waals surface area contributed by atoms with Gasteiger partial charge in [0, 0.05) is 27.3 Å². The van der Waals surface area contributed by atoms with E-state index in [2.05, 4.69) is 37.4 Å². The number of carbonyl (C=O) groups is 3. The molecule has 1 saturated carbocycles. The second-order valence-electron chi connectivity index (χ2n) is 5.87. The van der Waals surface area contributed by atoms with Crippen LogP contribution in [0.15, 0.2) is 53.0 Å². The molecule has 2 aromatic carbocycles. The Morgan fingerprint density at radius 3 is 2.19 bits per heavy atom. The van der Waals surface area contributed by atoms with E-state index in [1.54, 1.807) is 42.5 Å². The van der Waals surface area contributed by atoms with Gasteiger partial charge in [0.15, 0.2) is 0 Å². The molecule has 0 saturated heterocycles. The molecule has 0 spiro atoms. The summed E-state index contributed by atoms with van der Waals surface area (Å²) in [6, 6.07) is 13.1. The molecule has 0 atom stereocenters. The van der Waals surface area contributed by atoms with Crippen molar-refractivity contribution in [1.82, 2.24) is 16.2 Å². The molecule has 7 nitrogen and oxygen atoms in total. The first-order chi connectivity index (χ1) is 12.5. The number of hydrogen-bond acceptors (Lipinski definition) is 3. The van der Waals surface area contributed by atoms with E-state index in [4.69, 9.17) is 0 Å². The molecule has 134 valence electrons. The molecule has 1 aliphatic rings. The van der Waals surface area contributed by atoms with Crippen molar-refractivity contribution in [3.8, 4) is 0 Å². The first-order valence-corrected chi connectivity index (χ1v) is 8.84. The molecule has 8 heteroatoms. The standard InChI is InChI=1S/C18H17BrN4O3/c19-13-6-4-11(5-7-13)16(24)22-23-17(25)12-2-1-3-15(10-12)21-18(26)20-14-8-9-14/h1-7,10,14H,8-9H2,(H,22,24)(H,23,25)(H2,20,21,26). The van der Waals surface area contributed by atoms with E-state index in [-0.39, 0.29) is 12.1 Å². The maximum atomic E-state index is 12.2. The lowest BCUT2D eigenvalue weighted by molar-refractivity contribution is 0.0846. The van der Waals surface area contributed by atoms with E-state index in [0.29, 0.717) is 16.8 Å². The van der Waals surface area contributed by atoms with Crippen LogP contribution in [0.25, 0.3) is 0 Å². The molecule has 4 N–H and O–H groups in total. The average Bonchev–Trinajstić information content (AvgIpc) is 3.44. The Hall–Kier alpha value is -2.87. The summed E-state index contributed by atoms with van der Waals surface area (Å²) in [5.74, 6) is -0.911. The van der Waals surface area contributed by atoms with Gasteiger partial charge in [0.05, 0.1) is 0 Å². The summed E-state index contributed by atoms with van der Waals surface area (Å²) in [7, 11) is 0. The van der Waals surface area contributed by atoms with Gasteiger partial charge in [-0.3, -0.25) is 20.4 Å². The lowest BCUT2D eigenvalue weighted by Crippen LogP contribution is -2.41. The molecule has 1 aliphatic carbocycles. The monoisotopic (exact) mass is 416 g/mol. The molecular weight excluding hydrogens is 400 g/mol. The largest absolute Gasteiger partial charge is 0.335 e. The first kappa shape index (κ1) is 17.9. The number of nitrogens with one attached hydrogen (secondary N) is 4. The summed E-state index contributed by atoms with van der Waals surface area (Å²) in [4.78, 5) is 36.0. The van der Waals surface area contributed by atoms with Gasteiger partial charge in [0.1, 0.15) is 0 Å². The molecule has 26 heavy (non-hydrogen) atoms. The third-order valence-electron chi connectivity index (χ3n) is 3.69. The van der Waals surface area contributed by atoms with E-state index in [1.165, 1.54) is 6.07 Å². The van der Waals surface area contributed by atoms with Gasteiger partial charge in [0.2, 0.25) is 0 Å². The van der Waals surface area contributed by atoms with Crippen molar-refractivity contribution in [1.29, 1.82) is 0 Å². The first-order valence-electron chi connectivity index (χ1n) is 8.05. The number of urea groups is 1. The Balaban J connectivity index is 1.55. The summed E-state index contributed by atoms with van der Waals surface area (Å²) >= 11 is 3.29. The van der Waals surface area contributed by atoms with Crippen LogP contribution in [0.5, 0.6) is 0 Å². The Morgan fingerprint density at radius 2 is 1.54 bits per heavy atom. The third-order valence-corrected chi connectivity index (χ3v) is 4.22. The predicted molar refractivity (Wildman–Crippen MR) is 101 cm³/mol. The Bertz CT molecular complexity index is 835. The van der Waals surface area contributed by atoms with Crippen molar-refractivity contribution in [2.75, 3.05) is 5.32 Å². The zero-order valence-electron chi connectivity index (χ0n) is 13.7. The second-order valence-corrected chi connectivity index (χ2v) is 6.78. The number of amides is 4. The molecule has 4 amide bonds. The number of carbonyl (C=O) groups excluding carboxylic acids is 3. The Labute approximate surface area is 158 Å². The van der Waals surface area contributed by atoms with Gasteiger partial charge in [-0.2, -0.15) is 0 Å². The average molecular weight is 417 g/mol. The maximum Gasteiger partial charge on any atom is 0.319 e. The van der Waals surface area contributed by atoms with Crippen molar-refractivity contribution in [2.45, 2.75) is 18.9 Å². The fourth-order valence-electron chi connectivity index (χ4n) is 2.18. The van der Waals surface area contributed by atoms with Crippen molar-refractivity contribution in [2.24, 2.45) is 0 Å². The highest BCUT2D eigenvalue weighted by molar-refractivity contribution is 9.10. The van der Waals surface area contributed by atoms with Crippen LogP contribution in [0, 0.1) is 0 Å². The fourth-order valence-corrected chi connectivity index (χ4v) is 2.44. The van der Waals surface area contributed by atoms with E-state index >= 15 is 0 Å². The summed E-state index contributed by atoms with van der Waals surface area (Å²) in [5.41, 5.74) is 5.94. The van der Waals surface area contributed by atoms with E-state index < -0.39 is 11.8 Å². The van der Waals surface area contributed by atoms with E-state index in [0.717, 1.165) is 17.3 Å². The second kappa shape index (κ2) is 8.01. The van der Waals surface area contributed by atoms with Gasteiger partial charge >= 0.3 is 6.03 Å². The van der Waals surface area contributed by atoms with Crippen molar-refractivity contribution < 1.29 is 14.4 Å². The van der Waals surface area contributed by atoms with Crippen molar-refractivity contribution in [3.05, 3.63) is 64.1 Å². The molecule has 3 rings (SSSR count). The highest BCUT2D eigenvalue weighted by Crippen LogP contribution is 2.19. The SMILES string of the molecule is O=C(Nc1cccc(C(=O)NNC(=O)c2ccc(Br)cc2)c1)NC1CC1. The normalized spacial score (nSPS) is 12.8. The van der Waals surface area contributed by atoms with Gasteiger partial charge in [-0.1, -0.05) is 22.0 Å². The quantitative estimate of drug-likeness (QED) is 0.576. The minimum Gasteiger partial charge on any atom is -0.335 e. The van der Waals surface area contributed by atoms with Crippen LogP contribution in [0.3, 0.4) is 0 Å². The van der Waals surface area contributed by atoms with Crippen LogP contribution in [-0.4, -0.2) is 23.9 Å². The summed E-state index contributed by atoms with van der Waals surface area (Å²) in [6.45, 7) is 0. The Kier molecular flexibility index (Phi) is 5.52. The van der Waals surface area contributed by atoms with Gasteiger partial charge in [-0.15, -0.1) is 0 Å². The number of benzene rings is 2. The van der Waals surface area contributed by atoms with Crippen LogP contribution < -0.4 is 21.5 Å². The maximum absolute atomic E-state index is 12.2. The molecule has 0 bridgehead atoms. The third kappa shape index (κ3) is 5.06. The van der Waals surface area contributed by atoms with Crippen LogP contribution in [0.2, 0.25) is 0 Å². The predicted octanol–water partition coefficient (Wildman–Crippen LogP) is 2.81. The highest BCUT2D eigenvalue weighted by atomic mass is 79.9. The zero-order valence-corrected chi connectivity index (χ0v) is 15.3. The summed E-state index contributed by atoms with van der Waals surface area (Å²) in [5, 5.41) is 5.48. The van der Waals surface area contributed by atoms with Crippen LogP contribution in [0.4, 0.5) is 10.5 Å². The zero-order chi connectivity index (χ0) is 18.5. The molecular formula is C18H17BrN4O3. The highest BCUT2D eigenvalue weighted by Gasteiger charge is 2.23. The van der Waals surface area contributed by atoms with Crippen LogP contribution in [0.1, 0.15) is 33.6 Å². The number of halogens is 1. The van der Waals surface area contributed by atoms with E-state index in [9.17, 15) is 14.4 Å². The van der Waals surface area contributed by atoms with Crippen molar-refractivity contribution in [3.63, 3.8) is 0 Å². The van der Waals surface area contributed by atoms with Gasteiger partial charge < -0.3 is 10.6 Å². The van der Waals surface area contributed by atoms with E-state index in [1.807, 2.05) is 0 Å². The summed E-state index contributed by atoms with van der Waals surface area (Å²) < 4.78 is 0.855. The number of hydrazine groups is 1. The minimum absolute atomic E-state index is 0.246. The molecule has 1 fully saturated rings. The Morgan fingerprint density at radius 1 is 0.885 bits per heavy atom. The molecule has 0 unspecified atom stereocenters. The topological polar surface area (TPSA) is 99.3 Å². The lowest BCUT2D eigenvalue weighted by atomic mass is 10.2. The van der Waals surface area contributed by atoms with Gasteiger partial charge in [-0.25, -0.2) is 4.79 Å². The molecule has 0 aromatic heterocycles. The van der Waals surface area contributed by atoms with Gasteiger partial charge in [-0.05, 0) is 55.3 Å². The van der Waals surface area contributed by atoms with Crippen molar-refractivity contribution >= 4 is 39.5 Å². The fraction of sp³-hybridized carbons (Fsp3) is 0.167. The lowest BCUT2D eigenvalue weighted by Gasteiger charge is -2.10. The molecule has 0 heterocycles. The summed E-state index contributed by atoms with van der Waals surface area (Å²) in [6.07, 6.45) is 1.99. The van der Waals surface area contributed by atoms with Gasteiger partial charge in [0.25, 0.3) is 11.8 Å². The molecule has 0 radical (unpaired) electrons. The number of rotatable bonds is 4. The smallest absolute Gasteiger partial charge is 0.319 e. The minimum atomic E-state index is -0.485. The van der Waals surface area contributed by atoms with Crippen LogP contribution >= 0.6 is 15.9 Å². The number of hydrogen-bond donors (Lipinski definition) is 4. The van der Waals surface area contributed by atoms with Crippen LogP contribution in [-0.2, 0) is 0 Å². The number of anilines is 1. The molecule has 0 aliphatic heterocycles.